The minimum Gasteiger partial charge on any atom is -0.575 e. The third kappa shape index (κ3) is 9.40. The van der Waals surface area contributed by atoms with Crippen molar-refractivity contribution >= 4 is 23.9 Å². The molecule has 0 spiro atoms. The number of benzene rings is 2. The molecule has 0 aliphatic carbocycles. The molecule has 3 aliphatic rings. The number of carbonyl (C=O) groups is 4. The largest absolute Gasteiger partial charge is 0.575 e. The van der Waals surface area contributed by atoms with Gasteiger partial charge in [0.15, 0.2) is 29.6 Å². The van der Waals surface area contributed by atoms with Crippen LogP contribution in [0.3, 0.4) is 0 Å². The predicted molar refractivity (Wildman–Crippen MR) is 170 cm³/mol. The van der Waals surface area contributed by atoms with Crippen LogP contribution in [0.5, 0.6) is 34.5 Å². The smallest absolute Gasteiger partial charge is 0.317 e. The molecule has 56 heavy (non-hydrogen) atoms. The fraction of sp³-hybridized carbons (Fsp3) is 0.515. The number of esters is 2. The van der Waals surface area contributed by atoms with Crippen LogP contribution >= 0.6 is 0 Å². The van der Waals surface area contributed by atoms with E-state index in [0.29, 0.717) is 0 Å². The molecule has 0 radical (unpaired) electrons. The first-order valence-electron chi connectivity index (χ1n) is 16.6. The van der Waals surface area contributed by atoms with Crippen molar-refractivity contribution in [2.75, 3.05) is 13.2 Å². The van der Waals surface area contributed by atoms with Crippen molar-refractivity contribution in [2.45, 2.75) is 92.9 Å². The summed E-state index contributed by atoms with van der Waals surface area (Å²) >= 11 is 0. The Morgan fingerprint density at radius 2 is 1.27 bits per heavy atom. The molecule has 3 aliphatic heterocycles. The Morgan fingerprint density at radius 3 is 1.82 bits per heavy atom. The first-order valence-corrected chi connectivity index (χ1v) is 16.6. The number of phenols is 4. The molecule has 3 heterocycles. The Kier molecular flexibility index (Phi) is 12.9. The molecule has 2 saturated heterocycles. The molecule has 308 valence electrons. The summed E-state index contributed by atoms with van der Waals surface area (Å²) in [6.07, 6.45) is -23.8. The number of aliphatic hydroxyl groups is 7. The Bertz CT molecular complexity index is 1760. The third-order valence-electron chi connectivity index (χ3n) is 8.93. The molecular weight excluding hydrogens is 764 g/mol. The minimum atomic E-state index is -2.00. The maximum absolute atomic E-state index is 11.8. The lowest BCUT2D eigenvalue weighted by Crippen LogP contribution is -2.60. The maximum atomic E-state index is 11.8. The van der Waals surface area contributed by atoms with E-state index in [2.05, 4.69) is 4.74 Å². The predicted octanol–water partition coefficient (Wildman–Crippen LogP) is -4.87. The van der Waals surface area contributed by atoms with E-state index < -0.39 is 147 Å². The Hall–Kier alpha value is -5.24. The van der Waals surface area contributed by atoms with Gasteiger partial charge in [-0.1, -0.05) is 0 Å². The molecule has 0 saturated carbocycles. The SMILES string of the molecule is O=C([O-])CC(=O)OC[C@H]1O[C@@H](O[C@H]2Cc3c(O[C@@H]4O[C@H](COC(=O)CC(=O)O)[C@@H](O)[C@H](O)[C@H]4O)cc(O)cc3[OH+]C2c2cc(O)c(O)c(O)c2)[C@H](O)[C@@H](O)[C@@H]1O. The molecule has 5 rings (SSSR count). The van der Waals surface area contributed by atoms with Crippen molar-refractivity contribution in [2.24, 2.45) is 0 Å². The second-order valence-electron chi connectivity index (χ2n) is 12.9. The van der Waals surface area contributed by atoms with Crippen molar-refractivity contribution in [1.82, 2.24) is 0 Å². The van der Waals surface area contributed by atoms with Gasteiger partial charge < -0.3 is 99.2 Å². The molecule has 0 bridgehead atoms. The summed E-state index contributed by atoms with van der Waals surface area (Å²) < 4.78 is 37.2. The Labute approximate surface area is 313 Å². The van der Waals surface area contributed by atoms with Crippen LogP contribution in [0, 0.1) is 0 Å². The van der Waals surface area contributed by atoms with Crippen LogP contribution in [0.2, 0.25) is 0 Å². The summed E-state index contributed by atoms with van der Waals surface area (Å²) in [7, 11) is 0. The average molecular weight is 803 g/mol. The van der Waals surface area contributed by atoms with E-state index in [1.165, 1.54) is 0 Å². The van der Waals surface area contributed by atoms with Crippen molar-refractivity contribution in [1.29, 1.82) is 0 Å². The summed E-state index contributed by atoms with van der Waals surface area (Å²) in [5.74, 6) is -9.04. The lowest BCUT2D eigenvalue weighted by atomic mass is 9.92. The number of hydrogen-bond donors (Lipinski definition) is 11. The number of rotatable bonds is 13. The standard InChI is InChI=1S/C33H38O23/c34-11-3-15-12(16(4-11)53-32-29(48)27(46)25(44)18(55-32)8-50-22(41)6-20(37)38)5-17(31(52-15)10-1-13(35)24(43)14(36)2-10)54-33-30(49)28(47)26(45)19(56-33)9-51-23(42)7-21(39)40/h1-4,17-19,25-36,43-49H,5-9H2,(H,37,38)(H,39,40)/t17-,18+,19+,25+,26+,27-,28-,29+,30+,31?,32+,33+/m0/s1. The van der Waals surface area contributed by atoms with Gasteiger partial charge in [0.2, 0.25) is 12.4 Å². The second kappa shape index (κ2) is 17.3. The zero-order valence-corrected chi connectivity index (χ0v) is 28.6. The number of aliphatic hydroxyl groups excluding tert-OH is 6. The van der Waals surface area contributed by atoms with Crippen LogP contribution < -0.4 is 9.84 Å². The van der Waals surface area contributed by atoms with Gasteiger partial charge in [0, 0.05) is 12.5 Å². The van der Waals surface area contributed by atoms with E-state index in [1.54, 1.807) is 0 Å². The molecule has 1 unspecified atom stereocenters. The van der Waals surface area contributed by atoms with Crippen LogP contribution in [-0.2, 0) is 49.3 Å². The molecular formula is C33H38O23. The molecule has 0 amide bonds. The zero-order valence-electron chi connectivity index (χ0n) is 28.6. The summed E-state index contributed by atoms with van der Waals surface area (Å²) in [6, 6.07) is 4.19. The maximum Gasteiger partial charge on any atom is 0.317 e. The van der Waals surface area contributed by atoms with Gasteiger partial charge in [-0.15, -0.1) is 0 Å². The number of hydrogen-bond acceptors (Lipinski definition) is 21. The summed E-state index contributed by atoms with van der Waals surface area (Å²) in [5, 5.41) is 124. The number of ether oxygens (including phenoxy) is 7. The van der Waals surface area contributed by atoms with E-state index in [0.717, 1.165) is 24.3 Å². The van der Waals surface area contributed by atoms with Gasteiger partial charge >= 0.3 is 17.9 Å². The number of aromatic hydroxyl groups is 5. The van der Waals surface area contributed by atoms with Crippen molar-refractivity contribution < 1.29 is 114 Å². The normalized spacial score (nSPS) is 31.3. The summed E-state index contributed by atoms with van der Waals surface area (Å²) in [4.78, 5) is 45.1. The first kappa shape index (κ1) is 41.9. The molecule has 0 aromatic heterocycles. The summed E-state index contributed by atoms with van der Waals surface area (Å²) in [5.41, 5.74) is 0.0390. The number of phenolic OH excluding ortho intramolecular Hbond substituents is 4. The van der Waals surface area contributed by atoms with Gasteiger partial charge in [-0.3, -0.25) is 14.4 Å². The monoisotopic (exact) mass is 802 g/mol. The Balaban J connectivity index is 1.45. The van der Waals surface area contributed by atoms with E-state index in [-0.39, 0.29) is 29.0 Å². The van der Waals surface area contributed by atoms with E-state index in [1.807, 2.05) is 0 Å². The highest BCUT2D eigenvalue weighted by atomic mass is 16.7. The fourth-order valence-corrected chi connectivity index (χ4v) is 6.10. The lowest BCUT2D eigenvalue weighted by molar-refractivity contribution is -0.323. The number of carboxylic acid groups (broad SMARTS) is 2. The van der Waals surface area contributed by atoms with Crippen LogP contribution in [-0.4, -0.2) is 166 Å². The second-order valence-corrected chi connectivity index (χ2v) is 12.9. The van der Waals surface area contributed by atoms with Crippen molar-refractivity contribution in [3.05, 3.63) is 35.4 Å². The molecule has 2 aromatic carbocycles. The molecule has 23 heteroatoms. The number of carboxylic acids is 2. The van der Waals surface area contributed by atoms with Crippen LogP contribution in [0.4, 0.5) is 0 Å². The zero-order chi connectivity index (χ0) is 41.2. The number of carbonyl (C=O) groups excluding carboxylic acids is 3. The highest BCUT2D eigenvalue weighted by Crippen LogP contribution is 2.48. The quantitative estimate of drug-likeness (QED) is 0.0391. The highest BCUT2D eigenvalue weighted by molar-refractivity contribution is 5.90. The highest BCUT2D eigenvalue weighted by Gasteiger charge is 2.50. The molecule has 23 nitrogen and oxygen atoms in total. The van der Waals surface area contributed by atoms with Gasteiger partial charge in [0.25, 0.3) is 5.75 Å². The van der Waals surface area contributed by atoms with Crippen LogP contribution in [0.25, 0.3) is 0 Å². The van der Waals surface area contributed by atoms with Gasteiger partial charge in [-0.2, -0.15) is 0 Å². The lowest BCUT2D eigenvalue weighted by Gasteiger charge is -2.42. The van der Waals surface area contributed by atoms with Gasteiger partial charge in [-0.05, 0) is 12.1 Å². The number of aliphatic carboxylic acids is 2. The minimum absolute atomic E-state index is 0.0265. The van der Waals surface area contributed by atoms with Crippen molar-refractivity contribution in [3.63, 3.8) is 0 Å². The van der Waals surface area contributed by atoms with E-state index in [4.69, 9.17) is 33.5 Å². The Morgan fingerprint density at radius 1 is 0.732 bits per heavy atom. The molecule has 2 aromatic rings. The molecule has 12 N–H and O–H groups in total. The van der Waals surface area contributed by atoms with Crippen LogP contribution in [0.1, 0.15) is 30.1 Å². The molecule has 12 atom stereocenters. The van der Waals surface area contributed by atoms with Crippen molar-refractivity contribution in [3.8, 4) is 34.5 Å². The van der Waals surface area contributed by atoms with Gasteiger partial charge in [-0.25, -0.2) is 0 Å². The van der Waals surface area contributed by atoms with E-state index in [9.17, 15) is 75.3 Å². The van der Waals surface area contributed by atoms with Gasteiger partial charge in [0.1, 0.15) is 80.0 Å². The van der Waals surface area contributed by atoms with Crippen LogP contribution in [0.15, 0.2) is 24.3 Å². The number of fused-ring (bicyclic) bond motifs is 1. The third-order valence-corrected chi connectivity index (χ3v) is 8.93. The van der Waals surface area contributed by atoms with Gasteiger partial charge in [0.05, 0.1) is 29.6 Å². The summed E-state index contributed by atoms with van der Waals surface area (Å²) in [6.45, 7) is -1.60. The topological polar surface area (TPSA) is 382 Å². The fourth-order valence-electron chi connectivity index (χ4n) is 6.10. The average Bonchev–Trinajstić information content (AvgIpc) is 3.12. The molecule has 2 fully saturated rings. The van der Waals surface area contributed by atoms with E-state index >= 15 is 0 Å². The first-order chi connectivity index (χ1) is 26.3.